The van der Waals surface area contributed by atoms with Crippen molar-refractivity contribution in [2.75, 3.05) is 14.1 Å². The van der Waals surface area contributed by atoms with Crippen LogP contribution in [0.3, 0.4) is 0 Å². The van der Waals surface area contributed by atoms with Crippen molar-refractivity contribution in [2.24, 2.45) is 10.9 Å². The van der Waals surface area contributed by atoms with E-state index in [1.165, 1.54) is 0 Å². The lowest BCUT2D eigenvalue weighted by molar-refractivity contribution is -0.538. The van der Waals surface area contributed by atoms with Crippen LogP contribution in [0.15, 0.2) is 120 Å². The molecule has 0 bridgehead atoms. The molecule has 2 N–H and O–H groups in total. The van der Waals surface area contributed by atoms with Gasteiger partial charge >= 0.3 is 5.97 Å². The van der Waals surface area contributed by atoms with Gasteiger partial charge in [0.05, 0.1) is 24.2 Å². The van der Waals surface area contributed by atoms with Crippen LogP contribution in [0.5, 0.6) is 5.75 Å². The number of allylic oxidation sites excluding steroid dienone is 2. The van der Waals surface area contributed by atoms with E-state index in [2.05, 4.69) is 52.8 Å². The van der Waals surface area contributed by atoms with Gasteiger partial charge < -0.3 is 14.8 Å². The van der Waals surface area contributed by atoms with E-state index in [0.29, 0.717) is 17.1 Å². The highest BCUT2D eigenvalue weighted by Crippen LogP contribution is 2.58. The van der Waals surface area contributed by atoms with Crippen molar-refractivity contribution in [1.29, 1.82) is 0 Å². The number of esters is 1. The SMILES string of the molecule is CN=C1C=C2Oc3cc([NH2+]C)c(-c4ccccc4)cc3C3(OC(=O)c4ccccc43)C2C=C1c1ccccc1. The van der Waals surface area contributed by atoms with Crippen molar-refractivity contribution < 1.29 is 19.6 Å². The van der Waals surface area contributed by atoms with Gasteiger partial charge in [0.25, 0.3) is 0 Å². The number of hydrogen-bond acceptors (Lipinski definition) is 4. The first-order valence-corrected chi connectivity index (χ1v) is 13.1. The maximum Gasteiger partial charge on any atom is 0.339 e. The Bertz CT molecular complexity index is 1720. The first-order chi connectivity index (χ1) is 19.1. The highest BCUT2D eigenvalue weighted by atomic mass is 16.6. The summed E-state index contributed by atoms with van der Waals surface area (Å²) in [5, 5.41) is 2.08. The molecule has 0 aromatic heterocycles. The number of quaternary nitrogens is 1. The number of nitrogens with zero attached hydrogens (tertiary/aromatic N) is 1. The molecule has 0 saturated carbocycles. The molecule has 190 valence electrons. The van der Waals surface area contributed by atoms with Gasteiger partial charge in [-0.15, -0.1) is 0 Å². The van der Waals surface area contributed by atoms with Crippen molar-refractivity contribution in [3.8, 4) is 16.9 Å². The van der Waals surface area contributed by atoms with E-state index in [0.717, 1.165) is 44.8 Å². The molecule has 7 rings (SSSR count). The van der Waals surface area contributed by atoms with Crippen LogP contribution in [0, 0.1) is 5.92 Å². The number of hydrogen-bond donors (Lipinski definition) is 1. The van der Waals surface area contributed by atoms with Gasteiger partial charge in [-0.2, -0.15) is 0 Å². The maximum atomic E-state index is 13.4. The van der Waals surface area contributed by atoms with Crippen LogP contribution in [0.25, 0.3) is 16.7 Å². The molecule has 0 fully saturated rings. The molecule has 0 saturated heterocycles. The maximum absolute atomic E-state index is 13.4. The molecule has 1 spiro atoms. The topological polar surface area (TPSA) is 64.5 Å². The molecule has 4 aromatic rings. The van der Waals surface area contributed by atoms with Crippen LogP contribution in [-0.4, -0.2) is 25.8 Å². The number of carbonyl (C=O) groups is 1. The van der Waals surface area contributed by atoms with E-state index in [-0.39, 0.29) is 11.9 Å². The summed E-state index contributed by atoms with van der Waals surface area (Å²) in [6.45, 7) is 0. The molecule has 5 heteroatoms. The Morgan fingerprint density at radius 1 is 0.821 bits per heavy atom. The van der Waals surface area contributed by atoms with Crippen LogP contribution in [0.2, 0.25) is 0 Å². The van der Waals surface area contributed by atoms with Gasteiger partial charge in [0, 0.05) is 41.5 Å². The molecule has 4 aromatic carbocycles. The Morgan fingerprint density at radius 3 is 2.23 bits per heavy atom. The zero-order valence-corrected chi connectivity index (χ0v) is 21.7. The molecule has 2 aliphatic heterocycles. The van der Waals surface area contributed by atoms with Gasteiger partial charge in [-0.05, 0) is 23.3 Å². The number of carbonyl (C=O) groups excluding carboxylic acids is 1. The second kappa shape index (κ2) is 8.93. The second-order valence-corrected chi connectivity index (χ2v) is 9.94. The molecule has 2 atom stereocenters. The molecule has 1 aliphatic carbocycles. The standard InChI is InChI=1S/C34H26N2O3/c1-35-29-19-31-27(17-24(29)21-11-5-3-6-12-21)34(26-16-10-9-15-23(26)33(37)39-34)28-18-25(22-13-7-4-8-14-22)30(36-2)20-32(28)38-31/h3-20,27,36H,1-2H3/p+1. The summed E-state index contributed by atoms with van der Waals surface area (Å²) < 4.78 is 13.2. The molecule has 2 heterocycles. The number of nitrogens with two attached hydrogens (primary N) is 1. The van der Waals surface area contributed by atoms with Gasteiger partial charge in [-0.25, -0.2) is 4.79 Å². The summed E-state index contributed by atoms with van der Waals surface area (Å²) in [7, 11) is 3.81. The van der Waals surface area contributed by atoms with E-state index >= 15 is 0 Å². The van der Waals surface area contributed by atoms with Crippen molar-refractivity contribution in [3.05, 3.63) is 137 Å². The van der Waals surface area contributed by atoms with Crippen molar-refractivity contribution in [2.45, 2.75) is 5.60 Å². The third-order valence-electron chi connectivity index (χ3n) is 7.93. The van der Waals surface area contributed by atoms with Gasteiger partial charge in [0.15, 0.2) is 5.60 Å². The number of benzene rings is 4. The predicted octanol–water partition coefficient (Wildman–Crippen LogP) is 5.65. The van der Waals surface area contributed by atoms with Gasteiger partial charge in [0.2, 0.25) is 0 Å². The van der Waals surface area contributed by atoms with Crippen LogP contribution in [-0.2, 0) is 10.3 Å². The van der Waals surface area contributed by atoms with Crippen molar-refractivity contribution in [1.82, 2.24) is 0 Å². The minimum atomic E-state index is -1.08. The Balaban J connectivity index is 1.54. The zero-order valence-electron chi connectivity index (χ0n) is 21.7. The number of fused-ring (bicyclic) bond motifs is 6. The highest BCUT2D eigenvalue weighted by Gasteiger charge is 2.58. The molecule has 0 amide bonds. The minimum Gasteiger partial charge on any atom is -0.460 e. The fraction of sp³-hybridized carbons (Fsp3) is 0.118. The second-order valence-electron chi connectivity index (χ2n) is 9.94. The van der Waals surface area contributed by atoms with Crippen LogP contribution < -0.4 is 10.1 Å². The molecule has 0 radical (unpaired) electrons. The molecule has 2 unspecified atom stereocenters. The fourth-order valence-electron chi connectivity index (χ4n) is 6.14. The van der Waals surface area contributed by atoms with E-state index in [1.807, 2.05) is 73.8 Å². The molecule has 3 aliphatic rings. The lowest BCUT2D eigenvalue weighted by Crippen LogP contribution is -2.73. The van der Waals surface area contributed by atoms with Crippen LogP contribution in [0.4, 0.5) is 5.69 Å². The van der Waals surface area contributed by atoms with Crippen molar-refractivity contribution in [3.63, 3.8) is 0 Å². The quantitative estimate of drug-likeness (QED) is 0.286. The Morgan fingerprint density at radius 2 is 1.51 bits per heavy atom. The molecule has 5 nitrogen and oxygen atoms in total. The average molecular weight is 512 g/mol. The summed E-state index contributed by atoms with van der Waals surface area (Å²) in [5.74, 6) is 0.691. The summed E-state index contributed by atoms with van der Waals surface area (Å²) in [4.78, 5) is 18.0. The van der Waals surface area contributed by atoms with Crippen LogP contribution in [0.1, 0.15) is 27.0 Å². The van der Waals surface area contributed by atoms with E-state index in [4.69, 9.17) is 9.47 Å². The summed E-state index contributed by atoms with van der Waals surface area (Å²) in [6, 6.07) is 32.4. The molecular weight excluding hydrogens is 484 g/mol. The third kappa shape index (κ3) is 3.44. The normalized spacial score (nSPS) is 21.8. The average Bonchev–Trinajstić information content (AvgIpc) is 3.29. The predicted molar refractivity (Wildman–Crippen MR) is 152 cm³/mol. The van der Waals surface area contributed by atoms with E-state index in [9.17, 15) is 4.79 Å². The highest BCUT2D eigenvalue weighted by molar-refractivity contribution is 6.30. The Hall–Kier alpha value is -4.74. The number of rotatable bonds is 3. The van der Waals surface area contributed by atoms with E-state index < -0.39 is 5.60 Å². The monoisotopic (exact) mass is 511 g/mol. The van der Waals surface area contributed by atoms with E-state index in [1.54, 1.807) is 7.05 Å². The van der Waals surface area contributed by atoms with Crippen molar-refractivity contribution >= 4 is 22.9 Å². The molecular formula is C34H27N2O3+. The lowest BCUT2D eigenvalue weighted by atomic mass is 9.69. The summed E-state index contributed by atoms with van der Waals surface area (Å²) in [6.07, 6.45) is 4.15. The zero-order chi connectivity index (χ0) is 26.6. The Kier molecular flexibility index (Phi) is 5.35. The van der Waals surface area contributed by atoms with Gasteiger partial charge in [0.1, 0.15) is 17.2 Å². The first-order valence-electron chi connectivity index (χ1n) is 13.1. The van der Waals surface area contributed by atoms with Gasteiger partial charge in [-0.1, -0.05) is 84.9 Å². The molecule has 39 heavy (non-hydrogen) atoms. The number of ether oxygens (including phenoxy) is 2. The lowest BCUT2D eigenvalue weighted by Gasteiger charge is -2.43. The summed E-state index contributed by atoms with van der Waals surface area (Å²) in [5.41, 5.74) is 7.26. The van der Waals surface area contributed by atoms with Crippen LogP contribution >= 0.6 is 0 Å². The smallest absolute Gasteiger partial charge is 0.339 e. The number of aliphatic imine (C=N–C) groups is 1. The Labute approximate surface area is 227 Å². The fourth-order valence-corrected chi connectivity index (χ4v) is 6.14. The summed E-state index contributed by atoms with van der Waals surface area (Å²) >= 11 is 0. The van der Waals surface area contributed by atoms with Gasteiger partial charge in [-0.3, -0.25) is 4.99 Å². The largest absolute Gasteiger partial charge is 0.460 e. The third-order valence-corrected chi connectivity index (χ3v) is 7.93. The minimum absolute atomic E-state index is 0.324. The first kappa shape index (κ1) is 23.4.